The fourth-order valence-corrected chi connectivity index (χ4v) is 2.12. The van der Waals surface area contributed by atoms with Gasteiger partial charge in [0.05, 0.1) is 18.7 Å². The zero-order chi connectivity index (χ0) is 14.4. The number of rotatable bonds is 5. The van der Waals surface area contributed by atoms with Gasteiger partial charge in [-0.25, -0.2) is 0 Å². The molecule has 0 atom stereocenters. The van der Waals surface area contributed by atoms with Gasteiger partial charge in [0.25, 0.3) is 0 Å². The van der Waals surface area contributed by atoms with Gasteiger partial charge in [-0.2, -0.15) is 5.26 Å². The average molecular weight is 266 g/mol. The van der Waals surface area contributed by atoms with Crippen LogP contribution in [0.1, 0.15) is 18.1 Å². The van der Waals surface area contributed by atoms with Gasteiger partial charge < -0.3 is 10.1 Å². The SMILES string of the molecule is CCNCc1cccc(-c2cc(C#N)ccc2OC)c1. The third-order valence-electron chi connectivity index (χ3n) is 3.15. The van der Waals surface area contributed by atoms with Crippen LogP contribution in [0.25, 0.3) is 11.1 Å². The summed E-state index contributed by atoms with van der Waals surface area (Å²) < 4.78 is 5.40. The monoisotopic (exact) mass is 266 g/mol. The maximum absolute atomic E-state index is 9.04. The van der Waals surface area contributed by atoms with Crippen molar-refractivity contribution in [3.63, 3.8) is 0 Å². The van der Waals surface area contributed by atoms with Crippen molar-refractivity contribution in [1.29, 1.82) is 5.26 Å². The van der Waals surface area contributed by atoms with Gasteiger partial charge in [-0.3, -0.25) is 0 Å². The van der Waals surface area contributed by atoms with E-state index in [1.807, 2.05) is 24.3 Å². The number of hydrogen-bond acceptors (Lipinski definition) is 3. The smallest absolute Gasteiger partial charge is 0.126 e. The summed E-state index contributed by atoms with van der Waals surface area (Å²) in [7, 11) is 1.65. The van der Waals surface area contributed by atoms with E-state index in [2.05, 4.69) is 30.4 Å². The van der Waals surface area contributed by atoms with Crippen molar-refractivity contribution in [2.45, 2.75) is 13.5 Å². The van der Waals surface area contributed by atoms with Gasteiger partial charge in [-0.15, -0.1) is 0 Å². The second-order valence-corrected chi connectivity index (χ2v) is 4.51. The van der Waals surface area contributed by atoms with Crippen LogP contribution < -0.4 is 10.1 Å². The molecule has 1 N–H and O–H groups in total. The van der Waals surface area contributed by atoms with Crippen molar-refractivity contribution < 1.29 is 4.74 Å². The topological polar surface area (TPSA) is 45.0 Å². The van der Waals surface area contributed by atoms with E-state index >= 15 is 0 Å². The Bertz CT molecular complexity index is 629. The summed E-state index contributed by atoms with van der Waals surface area (Å²) in [6.45, 7) is 3.87. The fourth-order valence-electron chi connectivity index (χ4n) is 2.12. The molecule has 2 aromatic carbocycles. The van der Waals surface area contributed by atoms with Crippen LogP contribution in [0.4, 0.5) is 0 Å². The third kappa shape index (κ3) is 3.17. The lowest BCUT2D eigenvalue weighted by atomic mass is 10.00. The number of methoxy groups -OCH3 is 1. The highest BCUT2D eigenvalue weighted by Crippen LogP contribution is 2.31. The molecule has 0 fully saturated rings. The minimum atomic E-state index is 0.637. The van der Waals surface area contributed by atoms with E-state index < -0.39 is 0 Å². The summed E-state index contributed by atoms with van der Waals surface area (Å²) in [5.41, 5.74) is 3.87. The number of nitrogens with zero attached hydrogens (tertiary/aromatic N) is 1. The van der Waals surface area contributed by atoms with E-state index in [0.717, 1.165) is 30.0 Å². The van der Waals surface area contributed by atoms with Crippen LogP contribution in [0.2, 0.25) is 0 Å². The van der Waals surface area contributed by atoms with E-state index in [-0.39, 0.29) is 0 Å². The van der Waals surface area contributed by atoms with Crippen molar-refractivity contribution in [1.82, 2.24) is 5.32 Å². The average Bonchev–Trinajstić information content (AvgIpc) is 2.52. The summed E-state index contributed by atoms with van der Waals surface area (Å²) in [6.07, 6.45) is 0. The Kier molecular flexibility index (Phi) is 4.75. The molecule has 0 heterocycles. The Labute approximate surface area is 119 Å². The van der Waals surface area contributed by atoms with E-state index in [0.29, 0.717) is 5.56 Å². The standard InChI is InChI=1S/C17H18N2O/c1-3-19-12-14-5-4-6-15(9-14)16-10-13(11-18)7-8-17(16)20-2/h4-10,19H,3,12H2,1-2H3. The Morgan fingerprint density at radius 3 is 2.75 bits per heavy atom. The summed E-state index contributed by atoms with van der Waals surface area (Å²) in [6, 6.07) is 15.9. The van der Waals surface area contributed by atoms with Gasteiger partial charge >= 0.3 is 0 Å². The third-order valence-corrected chi connectivity index (χ3v) is 3.15. The van der Waals surface area contributed by atoms with Gasteiger partial charge in [-0.05, 0) is 41.9 Å². The minimum absolute atomic E-state index is 0.637. The zero-order valence-electron chi connectivity index (χ0n) is 11.8. The van der Waals surface area contributed by atoms with Crippen LogP contribution in [0.15, 0.2) is 42.5 Å². The van der Waals surface area contributed by atoms with Crippen molar-refractivity contribution in [2.24, 2.45) is 0 Å². The molecule has 0 amide bonds. The van der Waals surface area contributed by atoms with Gasteiger partial charge in [-0.1, -0.05) is 25.1 Å². The van der Waals surface area contributed by atoms with Crippen LogP contribution in [0.3, 0.4) is 0 Å². The summed E-state index contributed by atoms with van der Waals surface area (Å²) in [5.74, 6) is 0.782. The van der Waals surface area contributed by atoms with Crippen LogP contribution in [-0.2, 0) is 6.54 Å². The van der Waals surface area contributed by atoms with Crippen LogP contribution >= 0.6 is 0 Å². The number of benzene rings is 2. The summed E-state index contributed by atoms with van der Waals surface area (Å²) >= 11 is 0. The highest BCUT2D eigenvalue weighted by Gasteiger charge is 2.07. The quantitative estimate of drug-likeness (QED) is 0.902. The van der Waals surface area contributed by atoms with Crippen LogP contribution in [-0.4, -0.2) is 13.7 Å². The van der Waals surface area contributed by atoms with Gasteiger partial charge in [0, 0.05) is 12.1 Å². The van der Waals surface area contributed by atoms with Crippen molar-refractivity contribution in [2.75, 3.05) is 13.7 Å². The highest BCUT2D eigenvalue weighted by atomic mass is 16.5. The van der Waals surface area contributed by atoms with Crippen molar-refractivity contribution >= 4 is 0 Å². The molecule has 2 aromatic rings. The summed E-state index contributed by atoms with van der Waals surface area (Å²) in [4.78, 5) is 0. The van der Waals surface area contributed by atoms with Gasteiger partial charge in [0.2, 0.25) is 0 Å². The molecule has 0 aliphatic rings. The maximum atomic E-state index is 9.04. The first kappa shape index (κ1) is 14.1. The van der Waals surface area contributed by atoms with Crippen LogP contribution in [0.5, 0.6) is 5.75 Å². The van der Waals surface area contributed by atoms with Gasteiger partial charge in [0.1, 0.15) is 5.75 Å². The molecule has 2 rings (SSSR count). The van der Waals surface area contributed by atoms with Crippen molar-refractivity contribution in [3.8, 4) is 22.9 Å². The normalized spacial score (nSPS) is 10.1. The molecule has 102 valence electrons. The first-order chi connectivity index (χ1) is 9.78. The molecule has 0 radical (unpaired) electrons. The molecule has 0 unspecified atom stereocenters. The molecule has 0 bridgehead atoms. The van der Waals surface area contributed by atoms with E-state index in [4.69, 9.17) is 10.00 Å². The Morgan fingerprint density at radius 1 is 1.20 bits per heavy atom. The predicted octanol–water partition coefficient (Wildman–Crippen LogP) is 3.34. The van der Waals surface area contributed by atoms with E-state index in [9.17, 15) is 0 Å². The molecule has 0 saturated carbocycles. The molecular weight excluding hydrogens is 248 g/mol. The Balaban J connectivity index is 2.42. The van der Waals surface area contributed by atoms with Crippen LogP contribution in [0, 0.1) is 11.3 Å². The molecule has 20 heavy (non-hydrogen) atoms. The Hall–Kier alpha value is -2.31. The summed E-state index contributed by atoms with van der Waals surface area (Å²) in [5, 5.41) is 12.4. The van der Waals surface area contributed by atoms with Gasteiger partial charge in [0.15, 0.2) is 0 Å². The minimum Gasteiger partial charge on any atom is -0.496 e. The van der Waals surface area contributed by atoms with E-state index in [1.165, 1.54) is 5.56 Å². The molecule has 0 aliphatic carbocycles. The van der Waals surface area contributed by atoms with Crippen molar-refractivity contribution in [3.05, 3.63) is 53.6 Å². The number of ether oxygens (including phenoxy) is 1. The molecule has 3 nitrogen and oxygen atoms in total. The molecule has 0 aromatic heterocycles. The lowest BCUT2D eigenvalue weighted by molar-refractivity contribution is 0.416. The number of nitrogens with one attached hydrogen (secondary N) is 1. The van der Waals surface area contributed by atoms with E-state index in [1.54, 1.807) is 13.2 Å². The number of nitriles is 1. The zero-order valence-corrected chi connectivity index (χ0v) is 11.8. The first-order valence-corrected chi connectivity index (χ1v) is 6.66. The maximum Gasteiger partial charge on any atom is 0.126 e. The molecule has 0 saturated heterocycles. The molecular formula is C17H18N2O. The molecule has 0 aliphatic heterocycles. The predicted molar refractivity (Wildman–Crippen MR) is 80.5 cm³/mol. The highest BCUT2D eigenvalue weighted by molar-refractivity contribution is 5.72. The molecule has 0 spiro atoms. The number of hydrogen-bond donors (Lipinski definition) is 1. The largest absolute Gasteiger partial charge is 0.496 e. The fraction of sp³-hybridized carbons (Fsp3) is 0.235. The molecule has 3 heteroatoms. The second-order valence-electron chi connectivity index (χ2n) is 4.51. The first-order valence-electron chi connectivity index (χ1n) is 6.66. The lowest BCUT2D eigenvalue weighted by Crippen LogP contribution is -2.11. The lowest BCUT2D eigenvalue weighted by Gasteiger charge is -2.10. The second kappa shape index (κ2) is 6.74. The Morgan fingerprint density at radius 2 is 2.05 bits per heavy atom.